The molecule has 164 valence electrons. The van der Waals surface area contributed by atoms with Gasteiger partial charge in [-0.1, -0.05) is 13.3 Å². The fraction of sp³-hybridized carbons (Fsp3) is 0.455. The molecule has 1 saturated heterocycles. The maximum Gasteiger partial charge on any atom is 0.245 e. The fourth-order valence-corrected chi connectivity index (χ4v) is 4.25. The Labute approximate surface area is 186 Å². The molecule has 5 rings (SSSR count). The Morgan fingerprint density at radius 2 is 2.12 bits per heavy atom. The molecule has 0 radical (unpaired) electrons. The number of nitriles is 1. The second kappa shape index (κ2) is 8.88. The Morgan fingerprint density at radius 3 is 2.94 bits per heavy atom. The summed E-state index contributed by atoms with van der Waals surface area (Å²) in [5.41, 5.74) is 3.49. The summed E-state index contributed by atoms with van der Waals surface area (Å²) in [6, 6.07) is 5.80. The Hall–Kier alpha value is -3.58. The molecule has 2 aliphatic heterocycles. The van der Waals surface area contributed by atoms with Crippen LogP contribution in [0.25, 0.3) is 5.65 Å². The predicted octanol–water partition coefficient (Wildman–Crippen LogP) is 1.99. The SMILES string of the molecule is CCCc1c(CC2CC=NN2c2ncccc2C#N)ncn2nc(N3CCOCC3)nc12. The minimum Gasteiger partial charge on any atom is -0.378 e. The van der Waals surface area contributed by atoms with Crippen molar-refractivity contribution in [2.45, 2.75) is 38.6 Å². The van der Waals surface area contributed by atoms with E-state index < -0.39 is 0 Å². The summed E-state index contributed by atoms with van der Waals surface area (Å²) in [4.78, 5) is 16.2. The first-order valence-electron chi connectivity index (χ1n) is 11.0. The summed E-state index contributed by atoms with van der Waals surface area (Å²) in [7, 11) is 0. The van der Waals surface area contributed by atoms with Gasteiger partial charge < -0.3 is 9.64 Å². The topological polar surface area (TPSA) is 108 Å². The van der Waals surface area contributed by atoms with E-state index in [-0.39, 0.29) is 6.04 Å². The summed E-state index contributed by atoms with van der Waals surface area (Å²) < 4.78 is 7.24. The third kappa shape index (κ3) is 3.76. The van der Waals surface area contributed by atoms with Gasteiger partial charge in [-0.15, -0.1) is 5.10 Å². The Kier molecular flexibility index (Phi) is 5.64. The summed E-state index contributed by atoms with van der Waals surface area (Å²) >= 11 is 0. The quantitative estimate of drug-likeness (QED) is 0.583. The molecule has 5 heterocycles. The smallest absolute Gasteiger partial charge is 0.245 e. The maximum atomic E-state index is 9.49. The van der Waals surface area contributed by atoms with Crippen molar-refractivity contribution in [3.05, 3.63) is 41.5 Å². The van der Waals surface area contributed by atoms with Crippen LogP contribution >= 0.6 is 0 Å². The molecule has 3 aromatic heterocycles. The van der Waals surface area contributed by atoms with Crippen LogP contribution in [0, 0.1) is 11.3 Å². The Bertz CT molecular complexity index is 1180. The molecule has 3 aromatic rings. The number of hydrazone groups is 1. The average molecular weight is 432 g/mol. The van der Waals surface area contributed by atoms with Gasteiger partial charge in [-0.25, -0.2) is 19.5 Å². The van der Waals surface area contributed by atoms with E-state index in [4.69, 9.17) is 14.7 Å². The second-order valence-electron chi connectivity index (χ2n) is 7.92. The van der Waals surface area contributed by atoms with Gasteiger partial charge in [0.15, 0.2) is 11.5 Å². The minimum absolute atomic E-state index is 0.0455. The summed E-state index contributed by atoms with van der Waals surface area (Å²) in [5, 5.41) is 20.5. The van der Waals surface area contributed by atoms with Gasteiger partial charge >= 0.3 is 0 Å². The Balaban J connectivity index is 1.47. The van der Waals surface area contributed by atoms with Crippen LogP contribution in [-0.4, -0.2) is 63.1 Å². The van der Waals surface area contributed by atoms with E-state index >= 15 is 0 Å². The number of pyridine rings is 1. The van der Waals surface area contributed by atoms with E-state index in [0.717, 1.165) is 55.2 Å². The van der Waals surface area contributed by atoms with Crippen LogP contribution in [0.5, 0.6) is 0 Å². The molecule has 1 fully saturated rings. The maximum absolute atomic E-state index is 9.49. The van der Waals surface area contributed by atoms with Crippen molar-refractivity contribution in [2.75, 3.05) is 36.2 Å². The number of fused-ring (bicyclic) bond motifs is 1. The van der Waals surface area contributed by atoms with Crippen molar-refractivity contribution in [3.8, 4) is 6.07 Å². The normalized spacial score (nSPS) is 18.4. The van der Waals surface area contributed by atoms with Gasteiger partial charge in [0.1, 0.15) is 12.4 Å². The molecule has 2 aliphatic rings. The van der Waals surface area contributed by atoms with E-state index in [1.807, 2.05) is 11.2 Å². The van der Waals surface area contributed by atoms with Crippen LogP contribution in [0.15, 0.2) is 29.8 Å². The van der Waals surface area contributed by atoms with Crippen LogP contribution in [0.2, 0.25) is 0 Å². The van der Waals surface area contributed by atoms with Gasteiger partial charge in [-0.2, -0.15) is 15.3 Å². The van der Waals surface area contributed by atoms with Crippen LogP contribution in [0.1, 0.15) is 36.6 Å². The van der Waals surface area contributed by atoms with Crippen molar-refractivity contribution < 1.29 is 4.74 Å². The van der Waals surface area contributed by atoms with Crippen molar-refractivity contribution in [1.29, 1.82) is 5.26 Å². The number of nitrogens with zero attached hydrogens (tertiary/aromatic N) is 9. The number of ether oxygens (including phenoxy) is 1. The molecule has 0 aromatic carbocycles. The number of morpholine rings is 1. The van der Waals surface area contributed by atoms with Crippen LogP contribution < -0.4 is 9.91 Å². The lowest BCUT2D eigenvalue weighted by Crippen LogP contribution is -2.36. The van der Waals surface area contributed by atoms with E-state index in [1.165, 1.54) is 0 Å². The monoisotopic (exact) mass is 431 g/mol. The number of hydrogen-bond donors (Lipinski definition) is 0. The molecule has 0 aliphatic carbocycles. The molecular formula is C22H25N9O. The zero-order valence-electron chi connectivity index (χ0n) is 18.1. The summed E-state index contributed by atoms with van der Waals surface area (Å²) in [6.07, 6.45) is 8.64. The summed E-state index contributed by atoms with van der Waals surface area (Å²) in [6.45, 7) is 5.12. The number of anilines is 2. The number of aryl methyl sites for hydroxylation is 1. The summed E-state index contributed by atoms with van der Waals surface area (Å²) in [5.74, 6) is 1.31. The van der Waals surface area contributed by atoms with Crippen LogP contribution in [0.3, 0.4) is 0 Å². The van der Waals surface area contributed by atoms with Gasteiger partial charge in [-0.05, 0) is 18.6 Å². The van der Waals surface area contributed by atoms with Crippen molar-refractivity contribution in [2.24, 2.45) is 5.10 Å². The molecule has 0 amide bonds. The third-order valence-corrected chi connectivity index (χ3v) is 5.84. The van der Waals surface area contributed by atoms with Gasteiger partial charge in [-0.3, -0.25) is 0 Å². The molecule has 1 unspecified atom stereocenters. The van der Waals surface area contributed by atoms with Crippen molar-refractivity contribution in [3.63, 3.8) is 0 Å². The first-order valence-corrected chi connectivity index (χ1v) is 11.0. The van der Waals surface area contributed by atoms with Crippen molar-refractivity contribution >= 4 is 23.6 Å². The highest BCUT2D eigenvalue weighted by molar-refractivity contribution is 5.68. The van der Waals surface area contributed by atoms with Crippen molar-refractivity contribution in [1.82, 2.24) is 24.6 Å². The van der Waals surface area contributed by atoms with Gasteiger partial charge in [0, 0.05) is 43.9 Å². The molecule has 0 N–H and O–H groups in total. The van der Waals surface area contributed by atoms with E-state index in [2.05, 4.69) is 33.1 Å². The van der Waals surface area contributed by atoms with E-state index in [9.17, 15) is 5.26 Å². The highest BCUT2D eigenvalue weighted by Gasteiger charge is 2.28. The second-order valence-corrected chi connectivity index (χ2v) is 7.92. The van der Waals surface area contributed by atoms with E-state index in [0.29, 0.717) is 31.0 Å². The highest BCUT2D eigenvalue weighted by atomic mass is 16.5. The minimum atomic E-state index is 0.0455. The zero-order valence-corrected chi connectivity index (χ0v) is 18.1. The lowest BCUT2D eigenvalue weighted by atomic mass is 10.0. The number of rotatable bonds is 6. The molecule has 0 saturated carbocycles. The van der Waals surface area contributed by atoms with Gasteiger partial charge in [0.25, 0.3) is 0 Å². The number of aromatic nitrogens is 5. The molecule has 32 heavy (non-hydrogen) atoms. The molecule has 10 heteroatoms. The first-order chi connectivity index (χ1) is 15.8. The highest BCUT2D eigenvalue weighted by Crippen LogP contribution is 2.27. The zero-order chi connectivity index (χ0) is 21.9. The predicted molar refractivity (Wildman–Crippen MR) is 120 cm³/mol. The molecular weight excluding hydrogens is 406 g/mol. The molecule has 10 nitrogen and oxygen atoms in total. The lowest BCUT2D eigenvalue weighted by Gasteiger charge is -2.25. The third-order valence-electron chi connectivity index (χ3n) is 5.84. The average Bonchev–Trinajstić information content (AvgIpc) is 3.48. The van der Waals surface area contributed by atoms with Crippen LogP contribution in [0.4, 0.5) is 11.8 Å². The lowest BCUT2D eigenvalue weighted by molar-refractivity contribution is 0.122. The first kappa shape index (κ1) is 20.3. The molecule has 0 bridgehead atoms. The largest absolute Gasteiger partial charge is 0.378 e. The number of hydrogen-bond acceptors (Lipinski definition) is 9. The molecule has 1 atom stereocenters. The molecule has 0 spiro atoms. The standard InChI is InChI=1S/C22H25N9O/c1-2-4-18-19(13-17-6-8-26-31(17)20-16(14-23)5-3-7-24-20)25-15-30-21(18)27-22(28-30)29-9-11-32-12-10-29/h3,5,7-8,15,17H,2,4,6,9-13H2,1H3. The van der Waals surface area contributed by atoms with E-state index in [1.54, 1.807) is 29.2 Å². The Morgan fingerprint density at radius 1 is 1.25 bits per heavy atom. The van der Waals surface area contributed by atoms with Gasteiger partial charge in [0.2, 0.25) is 5.95 Å². The van der Waals surface area contributed by atoms with Crippen LogP contribution in [-0.2, 0) is 17.6 Å². The fourth-order valence-electron chi connectivity index (χ4n) is 4.25. The van der Waals surface area contributed by atoms with Gasteiger partial charge in [0.05, 0.1) is 30.5 Å².